The molecule has 0 unspecified atom stereocenters. The molecule has 130 valence electrons. The number of nitrogens with one attached hydrogen (secondary N) is 1. The largest absolute Gasteiger partial charge is 0.354 e. The number of imidazole rings is 1. The minimum absolute atomic E-state index is 0.0117. The lowest BCUT2D eigenvalue weighted by Gasteiger charge is -2.25. The van der Waals surface area contributed by atoms with Crippen molar-refractivity contribution in [2.45, 2.75) is 19.4 Å². The predicted molar refractivity (Wildman–Crippen MR) is 99.5 cm³/mol. The quantitative estimate of drug-likeness (QED) is 0.753. The van der Waals surface area contributed by atoms with E-state index in [-0.39, 0.29) is 18.4 Å². The highest BCUT2D eigenvalue weighted by atomic mass is 16.1. The number of fused-ring (bicyclic) bond motifs is 1. The highest BCUT2D eigenvalue weighted by molar-refractivity contribution is 5.78. The van der Waals surface area contributed by atoms with Crippen LogP contribution in [0.1, 0.15) is 22.9 Å². The van der Waals surface area contributed by atoms with Gasteiger partial charge < -0.3 is 14.6 Å². The Hall–Kier alpha value is -2.66. The first-order valence-electron chi connectivity index (χ1n) is 8.45. The van der Waals surface area contributed by atoms with Crippen LogP contribution in [-0.4, -0.2) is 40.8 Å². The maximum absolute atomic E-state index is 12.3. The standard InChI is InChI=1S/C20H24N4O/c1-15-7-9-16(10-8-15)18(23(2)3)13-21-20(25)12-17-14-24-11-5-4-6-19(24)22-17/h4-11,14,18H,12-13H2,1-3H3,(H,21,25)/t18-/m1/s1. The second-order valence-electron chi connectivity index (χ2n) is 6.57. The zero-order chi connectivity index (χ0) is 17.8. The minimum Gasteiger partial charge on any atom is -0.354 e. The summed E-state index contributed by atoms with van der Waals surface area (Å²) in [7, 11) is 4.05. The van der Waals surface area contributed by atoms with Crippen molar-refractivity contribution in [1.29, 1.82) is 0 Å². The van der Waals surface area contributed by atoms with Gasteiger partial charge in [-0.15, -0.1) is 0 Å². The molecule has 1 atom stereocenters. The fraction of sp³-hybridized carbons (Fsp3) is 0.300. The van der Waals surface area contributed by atoms with Crippen molar-refractivity contribution in [3.8, 4) is 0 Å². The molecule has 0 spiro atoms. The summed E-state index contributed by atoms with van der Waals surface area (Å²) in [6, 6.07) is 14.4. The summed E-state index contributed by atoms with van der Waals surface area (Å²) < 4.78 is 1.93. The van der Waals surface area contributed by atoms with Crippen LogP contribution in [0.25, 0.3) is 5.65 Å². The third-order valence-corrected chi connectivity index (χ3v) is 4.33. The van der Waals surface area contributed by atoms with Gasteiger partial charge in [0.1, 0.15) is 5.65 Å². The molecule has 1 N–H and O–H groups in total. The molecule has 0 saturated carbocycles. The average Bonchev–Trinajstić information content (AvgIpc) is 2.98. The maximum Gasteiger partial charge on any atom is 0.226 e. The first-order valence-corrected chi connectivity index (χ1v) is 8.45. The van der Waals surface area contributed by atoms with Gasteiger partial charge in [0.15, 0.2) is 0 Å². The molecule has 1 amide bonds. The lowest BCUT2D eigenvalue weighted by molar-refractivity contribution is -0.120. The number of hydrogen-bond acceptors (Lipinski definition) is 3. The van der Waals surface area contributed by atoms with Crippen LogP contribution in [0.5, 0.6) is 0 Å². The first-order chi connectivity index (χ1) is 12.0. The van der Waals surface area contributed by atoms with Crippen molar-refractivity contribution in [1.82, 2.24) is 19.6 Å². The summed E-state index contributed by atoms with van der Waals surface area (Å²) >= 11 is 0. The topological polar surface area (TPSA) is 49.6 Å². The smallest absolute Gasteiger partial charge is 0.226 e. The number of nitrogens with zero attached hydrogens (tertiary/aromatic N) is 3. The SMILES string of the molecule is Cc1ccc([C@@H](CNC(=O)Cc2cn3ccccc3n2)N(C)C)cc1. The number of benzene rings is 1. The number of carbonyl (C=O) groups excluding carboxylic acids is 1. The van der Waals surface area contributed by atoms with E-state index in [1.807, 2.05) is 49.1 Å². The average molecular weight is 336 g/mol. The van der Waals surface area contributed by atoms with Crippen molar-refractivity contribution in [2.24, 2.45) is 0 Å². The molecule has 0 aliphatic heterocycles. The fourth-order valence-electron chi connectivity index (χ4n) is 2.90. The molecule has 2 heterocycles. The van der Waals surface area contributed by atoms with E-state index >= 15 is 0 Å². The van der Waals surface area contributed by atoms with Crippen molar-refractivity contribution in [3.63, 3.8) is 0 Å². The van der Waals surface area contributed by atoms with Gasteiger partial charge >= 0.3 is 0 Å². The van der Waals surface area contributed by atoms with Crippen LogP contribution in [-0.2, 0) is 11.2 Å². The van der Waals surface area contributed by atoms with E-state index in [0.717, 1.165) is 11.3 Å². The van der Waals surface area contributed by atoms with Gasteiger partial charge in [-0.25, -0.2) is 4.98 Å². The van der Waals surface area contributed by atoms with Crippen LogP contribution in [0.15, 0.2) is 54.9 Å². The molecule has 0 fully saturated rings. The highest BCUT2D eigenvalue weighted by Gasteiger charge is 2.16. The maximum atomic E-state index is 12.3. The number of aromatic nitrogens is 2. The van der Waals surface area contributed by atoms with E-state index in [1.165, 1.54) is 11.1 Å². The van der Waals surface area contributed by atoms with E-state index < -0.39 is 0 Å². The summed E-state index contributed by atoms with van der Waals surface area (Å²) in [6.07, 6.45) is 4.12. The van der Waals surface area contributed by atoms with Gasteiger partial charge in [-0.3, -0.25) is 4.79 Å². The molecule has 3 rings (SSSR count). The van der Waals surface area contributed by atoms with Gasteiger partial charge in [0.25, 0.3) is 0 Å². The van der Waals surface area contributed by atoms with Gasteiger partial charge in [-0.2, -0.15) is 0 Å². The van der Waals surface area contributed by atoms with E-state index in [9.17, 15) is 4.79 Å². The van der Waals surface area contributed by atoms with E-state index in [0.29, 0.717) is 6.54 Å². The number of aryl methyl sites for hydroxylation is 1. The second kappa shape index (κ2) is 7.49. The monoisotopic (exact) mass is 336 g/mol. The van der Waals surface area contributed by atoms with Crippen LogP contribution >= 0.6 is 0 Å². The van der Waals surface area contributed by atoms with E-state index in [2.05, 4.69) is 46.4 Å². The van der Waals surface area contributed by atoms with Crippen molar-refractivity contribution >= 4 is 11.6 Å². The number of rotatable bonds is 6. The highest BCUT2D eigenvalue weighted by Crippen LogP contribution is 2.18. The number of amides is 1. The minimum atomic E-state index is -0.0117. The van der Waals surface area contributed by atoms with Crippen LogP contribution < -0.4 is 5.32 Å². The third-order valence-electron chi connectivity index (χ3n) is 4.33. The van der Waals surface area contributed by atoms with Gasteiger partial charge in [-0.1, -0.05) is 35.9 Å². The molecule has 5 heteroatoms. The lowest BCUT2D eigenvalue weighted by atomic mass is 10.0. The number of hydrogen-bond donors (Lipinski definition) is 1. The molecule has 0 aliphatic carbocycles. The van der Waals surface area contributed by atoms with Crippen LogP contribution in [0, 0.1) is 6.92 Å². The molecule has 0 bridgehead atoms. The Labute approximate surface area is 148 Å². The Kier molecular flexibility index (Phi) is 5.14. The summed E-state index contributed by atoms with van der Waals surface area (Å²) in [5.74, 6) is -0.0117. The van der Waals surface area contributed by atoms with Crippen LogP contribution in [0.3, 0.4) is 0 Å². The molecule has 0 saturated heterocycles. The Bertz CT molecular complexity index is 819. The van der Waals surface area contributed by atoms with E-state index in [4.69, 9.17) is 0 Å². The molecule has 3 aromatic rings. The van der Waals surface area contributed by atoms with Crippen LogP contribution in [0.2, 0.25) is 0 Å². The summed E-state index contributed by atoms with van der Waals surface area (Å²) in [5.41, 5.74) is 4.07. The molecule has 2 aromatic heterocycles. The lowest BCUT2D eigenvalue weighted by Crippen LogP contribution is -2.35. The first kappa shape index (κ1) is 17.2. The van der Waals surface area contributed by atoms with Crippen molar-refractivity contribution in [3.05, 3.63) is 71.7 Å². The molecular weight excluding hydrogens is 312 g/mol. The Balaban J connectivity index is 1.62. The summed E-state index contributed by atoms with van der Waals surface area (Å²) in [6.45, 7) is 2.65. The second-order valence-corrected chi connectivity index (χ2v) is 6.57. The normalized spacial score (nSPS) is 12.5. The summed E-state index contributed by atoms with van der Waals surface area (Å²) in [4.78, 5) is 18.9. The zero-order valence-electron chi connectivity index (χ0n) is 14.9. The Morgan fingerprint density at radius 1 is 1.20 bits per heavy atom. The van der Waals surface area contributed by atoms with Crippen molar-refractivity contribution < 1.29 is 4.79 Å². The van der Waals surface area contributed by atoms with Gasteiger partial charge in [0.05, 0.1) is 18.2 Å². The number of likely N-dealkylation sites (N-methyl/N-ethyl adjacent to an activating group) is 1. The van der Waals surface area contributed by atoms with Gasteiger partial charge in [0, 0.05) is 18.9 Å². The predicted octanol–water partition coefficient (Wildman–Crippen LogP) is 2.60. The summed E-state index contributed by atoms with van der Waals surface area (Å²) in [5, 5.41) is 3.04. The molecule has 25 heavy (non-hydrogen) atoms. The molecule has 5 nitrogen and oxygen atoms in total. The molecule has 0 aliphatic rings. The van der Waals surface area contributed by atoms with Gasteiger partial charge in [0.2, 0.25) is 5.91 Å². The number of carbonyl (C=O) groups is 1. The Morgan fingerprint density at radius 3 is 2.64 bits per heavy atom. The van der Waals surface area contributed by atoms with Crippen molar-refractivity contribution in [2.75, 3.05) is 20.6 Å². The zero-order valence-corrected chi connectivity index (χ0v) is 14.9. The number of pyridine rings is 1. The molecule has 1 aromatic carbocycles. The van der Waals surface area contributed by atoms with E-state index in [1.54, 1.807) is 0 Å². The third kappa shape index (κ3) is 4.25. The van der Waals surface area contributed by atoms with Gasteiger partial charge in [-0.05, 0) is 38.7 Å². The molecule has 0 radical (unpaired) electrons. The van der Waals surface area contributed by atoms with Crippen LogP contribution in [0.4, 0.5) is 0 Å². The molecular formula is C20H24N4O. The Morgan fingerprint density at radius 2 is 1.96 bits per heavy atom. The fourth-order valence-corrected chi connectivity index (χ4v) is 2.90.